The number of esters is 1. The van der Waals surface area contributed by atoms with Crippen molar-refractivity contribution in [1.82, 2.24) is 14.8 Å². The van der Waals surface area contributed by atoms with E-state index >= 15 is 0 Å². The summed E-state index contributed by atoms with van der Waals surface area (Å²) >= 11 is 6.01. The lowest BCUT2D eigenvalue weighted by molar-refractivity contribution is -0.160. The van der Waals surface area contributed by atoms with Crippen LogP contribution in [0.3, 0.4) is 0 Å². The largest absolute Gasteiger partial charge is 0.458 e. The average molecular weight is 524 g/mol. The van der Waals surface area contributed by atoms with Crippen LogP contribution in [0.5, 0.6) is 0 Å². The van der Waals surface area contributed by atoms with Crippen LogP contribution < -0.4 is 5.56 Å². The molecule has 1 aromatic carbocycles. The number of pyridine rings is 1. The highest BCUT2D eigenvalue weighted by Gasteiger charge is 2.24. The molecule has 37 heavy (non-hydrogen) atoms. The van der Waals surface area contributed by atoms with Crippen molar-refractivity contribution in [3.63, 3.8) is 0 Å². The van der Waals surface area contributed by atoms with Gasteiger partial charge < -0.3 is 9.47 Å². The van der Waals surface area contributed by atoms with E-state index in [4.69, 9.17) is 26.2 Å². The number of rotatable bonds is 8. The predicted molar refractivity (Wildman–Crippen MR) is 144 cm³/mol. The summed E-state index contributed by atoms with van der Waals surface area (Å²) in [6.45, 7) is 6.62. The summed E-state index contributed by atoms with van der Waals surface area (Å²) < 4.78 is 12.5. The number of halogens is 1. The minimum absolute atomic E-state index is 0.0212. The van der Waals surface area contributed by atoms with Crippen LogP contribution in [0, 0.1) is 11.8 Å². The number of hydrogen-bond donors (Lipinski definition) is 0. The molecule has 0 radical (unpaired) electrons. The molecule has 0 saturated heterocycles. The van der Waals surface area contributed by atoms with Crippen LogP contribution in [0.4, 0.5) is 0 Å². The number of hydrogen-bond acceptors (Lipinski definition) is 6. The second kappa shape index (κ2) is 12.0. The summed E-state index contributed by atoms with van der Waals surface area (Å²) in [4.78, 5) is 29.2. The first kappa shape index (κ1) is 27.0. The Balaban J connectivity index is 1.41. The molecule has 2 heterocycles. The molecule has 1 saturated carbocycles. The zero-order valence-corrected chi connectivity index (χ0v) is 22.4. The van der Waals surface area contributed by atoms with Gasteiger partial charge in [-0.2, -0.15) is 5.10 Å². The lowest BCUT2D eigenvalue weighted by Gasteiger charge is -2.28. The van der Waals surface area contributed by atoms with Gasteiger partial charge in [-0.15, -0.1) is 0 Å². The molecule has 196 valence electrons. The Bertz CT molecular complexity index is 1240. The minimum Gasteiger partial charge on any atom is -0.458 e. The van der Waals surface area contributed by atoms with Crippen LogP contribution in [0.1, 0.15) is 46.5 Å². The summed E-state index contributed by atoms with van der Waals surface area (Å²) in [5.74, 6) is 0.419. The highest BCUT2D eigenvalue weighted by Crippen LogP contribution is 2.32. The van der Waals surface area contributed by atoms with E-state index in [2.05, 4.69) is 4.98 Å². The minimum atomic E-state index is -0.506. The van der Waals surface area contributed by atoms with Crippen molar-refractivity contribution in [1.29, 1.82) is 0 Å². The molecule has 3 aromatic rings. The van der Waals surface area contributed by atoms with Gasteiger partial charge in [0.1, 0.15) is 23.1 Å². The maximum atomic E-state index is 13.1. The zero-order chi connectivity index (χ0) is 26.4. The molecular weight excluding hydrogens is 490 g/mol. The van der Waals surface area contributed by atoms with Crippen LogP contribution in [0.15, 0.2) is 59.5 Å². The van der Waals surface area contributed by atoms with Crippen molar-refractivity contribution in [3.05, 3.63) is 70.2 Å². The Morgan fingerprint density at radius 1 is 1.03 bits per heavy atom. The van der Waals surface area contributed by atoms with Crippen molar-refractivity contribution in [2.24, 2.45) is 11.8 Å². The molecule has 7 nitrogen and oxygen atoms in total. The van der Waals surface area contributed by atoms with E-state index in [0.29, 0.717) is 35.8 Å². The molecule has 0 unspecified atom stereocenters. The van der Waals surface area contributed by atoms with Gasteiger partial charge in [0, 0.05) is 29.9 Å². The van der Waals surface area contributed by atoms with Crippen LogP contribution >= 0.6 is 11.6 Å². The monoisotopic (exact) mass is 523 g/mol. The lowest BCUT2D eigenvalue weighted by Crippen LogP contribution is -2.30. The first-order chi connectivity index (χ1) is 17.7. The quantitative estimate of drug-likeness (QED) is 0.274. The second-order valence-electron chi connectivity index (χ2n) is 10.7. The molecule has 2 aromatic heterocycles. The van der Waals surface area contributed by atoms with Crippen molar-refractivity contribution in [2.75, 3.05) is 13.2 Å². The third-order valence-corrected chi connectivity index (χ3v) is 6.70. The first-order valence-electron chi connectivity index (χ1n) is 12.8. The number of nitrogens with zero attached hydrogens (tertiary/aromatic N) is 3. The van der Waals surface area contributed by atoms with Gasteiger partial charge in [-0.25, -0.2) is 14.5 Å². The van der Waals surface area contributed by atoms with Crippen molar-refractivity contribution in [2.45, 2.75) is 58.6 Å². The van der Waals surface area contributed by atoms with Gasteiger partial charge >= 0.3 is 5.97 Å². The Hall–Kier alpha value is -3.03. The van der Waals surface area contributed by atoms with Crippen molar-refractivity contribution >= 4 is 17.6 Å². The maximum absolute atomic E-state index is 13.1. The Labute approximate surface area is 222 Å². The molecule has 0 amide bonds. The molecule has 0 spiro atoms. The summed E-state index contributed by atoms with van der Waals surface area (Å²) in [5, 5.41) is 5.21. The molecule has 8 heteroatoms. The smallest absolute Gasteiger partial charge is 0.332 e. The molecule has 4 rings (SSSR count). The average Bonchev–Trinajstić information content (AvgIpc) is 2.86. The Morgan fingerprint density at radius 2 is 1.73 bits per heavy atom. The zero-order valence-electron chi connectivity index (χ0n) is 21.7. The van der Waals surface area contributed by atoms with E-state index in [1.807, 2.05) is 57.2 Å². The molecule has 1 aliphatic rings. The fraction of sp³-hybridized carbons (Fsp3) is 0.448. The summed E-state index contributed by atoms with van der Waals surface area (Å²) in [6, 6.07) is 15.1. The van der Waals surface area contributed by atoms with Gasteiger partial charge in [0.05, 0.1) is 6.61 Å². The normalized spacial score (nSPS) is 17.9. The van der Waals surface area contributed by atoms with Gasteiger partial charge in [-0.05, 0) is 76.0 Å². The number of ether oxygens (including phenoxy) is 2. The van der Waals surface area contributed by atoms with Crippen molar-refractivity contribution < 1.29 is 14.3 Å². The van der Waals surface area contributed by atoms with E-state index < -0.39 is 5.60 Å². The van der Waals surface area contributed by atoms with Crippen LogP contribution in [-0.4, -0.2) is 39.5 Å². The second-order valence-corrected chi connectivity index (χ2v) is 11.0. The van der Waals surface area contributed by atoms with E-state index in [0.717, 1.165) is 42.4 Å². The molecule has 1 fully saturated rings. The topological polar surface area (TPSA) is 83.3 Å². The highest BCUT2D eigenvalue weighted by molar-refractivity contribution is 6.29. The van der Waals surface area contributed by atoms with E-state index in [9.17, 15) is 9.59 Å². The summed E-state index contributed by atoms with van der Waals surface area (Å²) in [6.07, 6.45) is 5.63. The molecule has 1 aliphatic carbocycles. The van der Waals surface area contributed by atoms with Gasteiger partial charge in [0.25, 0.3) is 5.56 Å². The standard InChI is InChI=1S/C29H34ClN3O4/c1-29(2,3)37-27(35)19-36-18-21-11-9-20(10-12-21)17-33-26(34)15-24(22-7-5-4-6-8-22)28(32-33)23-13-14-25(30)31-16-23/h4-8,13-16,20-21H,9-12,17-19H2,1-3H3. The summed E-state index contributed by atoms with van der Waals surface area (Å²) in [7, 11) is 0. The number of carbonyl (C=O) groups is 1. The molecule has 0 aliphatic heterocycles. The third-order valence-electron chi connectivity index (χ3n) is 6.47. The van der Waals surface area contributed by atoms with E-state index in [-0.39, 0.29) is 18.1 Å². The fourth-order valence-corrected chi connectivity index (χ4v) is 4.80. The van der Waals surface area contributed by atoms with Gasteiger partial charge in [0.15, 0.2) is 0 Å². The van der Waals surface area contributed by atoms with Gasteiger partial charge in [-0.1, -0.05) is 41.9 Å². The molecule has 0 N–H and O–H groups in total. The maximum Gasteiger partial charge on any atom is 0.332 e. The predicted octanol–water partition coefficient (Wildman–Crippen LogP) is 5.79. The Morgan fingerprint density at radius 3 is 2.38 bits per heavy atom. The lowest BCUT2D eigenvalue weighted by atomic mass is 9.82. The van der Waals surface area contributed by atoms with Crippen LogP contribution in [0.25, 0.3) is 22.4 Å². The van der Waals surface area contributed by atoms with Crippen LogP contribution in [-0.2, 0) is 20.8 Å². The summed E-state index contributed by atoms with van der Waals surface area (Å²) in [5.41, 5.74) is 2.59. The fourth-order valence-electron chi connectivity index (χ4n) is 4.69. The van der Waals surface area contributed by atoms with E-state index in [1.54, 1.807) is 23.0 Å². The Kier molecular flexibility index (Phi) is 8.77. The third kappa shape index (κ3) is 7.73. The molecular formula is C29H34ClN3O4. The number of benzene rings is 1. The molecule has 0 atom stereocenters. The van der Waals surface area contributed by atoms with Gasteiger partial charge in [-0.3, -0.25) is 4.79 Å². The SMILES string of the molecule is CC(C)(C)OC(=O)COCC1CCC(Cn2nc(-c3ccc(Cl)nc3)c(-c3ccccc3)cc2=O)CC1. The number of carbonyl (C=O) groups excluding carboxylic acids is 1. The first-order valence-corrected chi connectivity index (χ1v) is 13.1. The number of aromatic nitrogens is 3. The van der Waals surface area contributed by atoms with Crippen LogP contribution in [0.2, 0.25) is 5.15 Å². The highest BCUT2D eigenvalue weighted by atomic mass is 35.5. The van der Waals surface area contributed by atoms with Gasteiger partial charge in [0.2, 0.25) is 0 Å². The molecule has 0 bridgehead atoms. The van der Waals surface area contributed by atoms with Crippen molar-refractivity contribution in [3.8, 4) is 22.4 Å². The van der Waals surface area contributed by atoms with E-state index in [1.165, 1.54) is 0 Å².